The highest BCUT2D eigenvalue weighted by Gasteiger charge is 2.26. The maximum absolute atomic E-state index is 11.0. The molecule has 2 rings (SSSR count). The van der Waals surface area contributed by atoms with Crippen molar-refractivity contribution in [2.45, 2.75) is 6.42 Å². The summed E-state index contributed by atoms with van der Waals surface area (Å²) < 4.78 is 0. The molecular formula is C8H6NO2. The highest BCUT2D eigenvalue weighted by atomic mass is 16.5. The highest BCUT2D eigenvalue weighted by molar-refractivity contribution is 5.99. The van der Waals surface area contributed by atoms with E-state index in [1.54, 1.807) is 18.2 Å². The molecule has 1 aliphatic rings. The highest BCUT2D eigenvalue weighted by Crippen LogP contribution is 2.26. The second-order valence-electron chi connectivity index (χ2n) is 2.49. The van der Waals surface area contributed by atoms with Crippen molar-refractivity contribution in [3.63, 3.8) is 0 Å². The Hall–Kier alpha value is -1.35. The van der Waals surface area contributed by atoms with E-state index in [2.05, 4.69) is 0 Å². The number of carbonyl (C=O) groups is 1. The lowest BCUT2D eigenvalue weighted by Gasteiger charge is -2.02. The molecule has 0 aliphatic carbocycles. The third-order valence-corrected chi connectivity index (χ3v) is 1.78. The molecule has 0 fully saturated rings. The van der Waals surface area contributed by atoms with Gasteiger partial charge in [0, 0.05) is 0 Å². The van der Waals surface area contributed by atoms with Gasteiger partial charge in [-0.1, -0.05) is 23.4 Å². The molecule has 0 atom stereocenters. The topological polar surface area (TPSA) is 40.2 Å². The zero-order chi connectivity index (χ0) is 7.84. The zero-order valence-electron chi connectivity index (χ0n) is 5.78. The maximum Gasteiger partial charge on any atom is 0.257 e. The van der Waals surface area contributed by atoms with E-state index in [4.69, 9.17) is 0 Å². The molecule has 0 N–H and O–H groups in total. The quantitative estimate of drug-likeness (QED) is 0.539. The minimum absolute atomic E-state index is 0.250. The molecule has 0 spiro atoms. The normalized spacial score (nSPS) is 15.4. The van der Waals surface area contributed by atoms with Crippen LogP contribution in [0.4, 0.5) is 5.69 Å². The number of amides is 1. The van der Waals surface area contributed by atoms with Gasteiger partial charge in [-0.15, -0.1) is 0 Å². The lowest BCUT2D eigenvalue weighted by atomic mass is 10.2. The Balaban J connectivity index is 2.55. The Bertz CT molecular complexity index is 309. The number of para-hydroxylation sites is 1. The third kappa shape index (κ3) is 0.816. The third-order valence-electron chi connectivity index (χ3n) is 1.78. The minimum atomic E-state index is -0.369. The fourth-order valence-electron chi connectivity index (χ4n) is 1.23. The number of hydrogen-bond acceptors (Lipinski definition) is 1. The molecule has 1 aromatic rings. The molecular weight excluding hydrogens is 142 g/mol. The van der Waals surface area contributed by atoms with Gasteiger partial charge in [0.1, 0.15) is 0 Å². The van der Waals surface area contributed by atoms with Gasteiger partial charge in [-0.3, -0.25) is 4.79 Å². The van der Waals surface area contributed by atoms with Crippen LogP contribution in [-0.2, 0) is 16.4 Å². The Morgan fingerprint density at radius 2 is 2.00 bits per heavy atom. The standard InChI is InChI=1S/C8H6NO2/c10-8-5-6-3-1-2-4-7(6)9(8)11/h1-4H,5H2. The van der Waals surface area contributed by atoms with E-state index < -0.39 is 0 Å². The molecule has 1 heterocycles. The van der Waals surface area contributed by atoms with Crippen molar-refractivity contribution in [1.82, 2.24) is 0 Å². The molecule has 3 heteroatoms. The monoisotopic (exact) mass is 148 g/mol. The van der Waals surface area contributed by atoms with E-state index in [1.807, 2.05) is 6.07 Å². The number of carbonyl (C=O) groups excluding carboxylic acids is 1. The molecule has 0 saturated heterocycles. The number of nitrogens with zero attached hydrogens (tertiary/aromatic N) is 1. The summed E-state index contributed by atoms with van der Waals surface area (Å²) in [5.41, 5.74) is 1.32. The van der Waals surface area contributed by atoms with Gasteiger partial charge in [0.05, 0.1) is 12.1 Å². The van der Waals surface area contributed by atoms with Crippen LogP contribution >= 0.6 is 0 Å². The minimum Gasteiger partial charge on any atom is -0.272 e. The van der Waals surface area contributed by atoms with Gasteiger partial charge in [0.25, 0.3) is 5.91 Å². The SMILES string of the molecule is [O]N1C(=O)Cc2ccccc21. The van der Waals surface area contributed by atoms with Crippen LogP contribution in [0.1, 0.15) is 5.56 Å². The smallest absolute Gasteiger partial charge is 0.257 e. The van der Waals surface area contributed by atoms with Crippen molar-refractivity contribution < 1.29 is 10.0 Å². The van der Waals surface area contributed by atoms with Gasteiger partial charge in [-0.2, -0.15) is 5.06 Å². The van der Waals surface area contributed by atoms with Crippen LogP contribution in [0.2, 0.25) is 0 Å². The molecule has 0 saturated carbocycles. The van der Waals surface area contributed by atoms with Crippen LogP contribution in [0, 0.1) is 0 Å². The summed E-state index contributed by atoms with van der Waals surface area (Å²) in [5.74, 6) is -0.369. The van der Waals surface area contributed by atoms with Crippen molar-refractivity contribution in [3.05, 3.63) is 29.8 Å². The number of fused-ring (bicyclic) bond motifs is 1. The zero-order valence-corrected chi connectivity index (χ0v) is 5.78. The number of rotatable bonds is 0. The van der Waals surface area contributed by atoms with Crippen LogP contribution < -0.4 is 5.06 Å². The van der Waals surface area contributed by atoms with Crippen molar-refractivity contribution >= 4 is 11.6 Å². The van der Waals surface area contributed by atoms with Gasteiger partial charge >= 0.3 is 0 Å². The van der Waals surface area contributed by atoms with Crippen molar-refractivity contribution in [3.8, 4) is 0 Å². The predicted molar refractivity (Wildman–Crippen MR) is 38.3 cm³/mol. The fraction of sp³-hybridized carbons (Fsp3) is 0.125. The number of hydroxylamine groups is 1. The summed E-state index contributed by atoms with van der Waals surface area (Å²) in [6, 6.07) is 7.03. The van der Waals surface area contributed by atoms with Gasteiger partial charge in [0.2, 0.25) is 0 Å². The number of benzene rings is 1. The molecule has 0 bridgehead atoms. The number of hydrogen-bond donors (Lipinski definition) is 0. The van der Waals surface area contributed by atoms with Crippen LogP contribution in [0.5, 0.6) is 0 Å². The molecule has 1 aliphatic heterocycles. The van der Waals surface area contributed by atoms with Gasteiger partial charge < -0.3 is 0 Å². The summed E-state index contributed by atoms with van der Waals surface area (Å²) in [6.07, 6.45) is 0.250. The summed E-state index contributed by atoms with van der Waals surface area (Å²) in [6.45, 7) is 0. The van der Waals surface area contributed by atoms with E-state index >= 15 is 0 Å². The first-order valence-corrected chi connectivity index (χ1v) is 3.37. The van der Waals surface area contributed by atoms with Gasteiger partial charge in [-0.25, -0.2) is 0 Å². The molecule has 1 aromatic carbocycles. The summed E-state index contributed by atoms with van der Waals surface area (Å²) in [5, 5.41) is 11.4. The van der Waals surface area contributed by atoms with E-state index in [9.17, 15) is 10.0 Å². The average Bonchev–Trinajstić information content (AvgIpc) is 2.30. The summed E-state index contributed by atoms with van der Waals surface area (Å²) in [7, 11) is 0. The first-order valence-electron chi connectivity index (χ1n) is 3.37. The van der Waals surface area contributed by atoms with E-state index in [1.165, 1.54) is 0 Å². The summed E-state index contributed by atoms with van der Waals surface area (Å²) >= 11 is 0. The van der Waals surface area contributed by atoms with Crippen molar-refractivity contribution in [2.75, 3.05) is 5.06 Å². The molecule has 1 amide bonds. The fourth-order valence-corrected chi connectivity index (χ4v) is 1.23. The van der Waals surface area contributed by atoms with Crippen LogP contribution in [0.25, 0.3) is 0 Å². The first kappa shape index (κ1) is 6.37. The van der Waals surface area contributed by atoms with Crippen LogP contribution in [-0.4, -0.2) is 5.91 Å². The molecule has 11 heavy (non-hydrogen) atoms. The Labute approximate surface area is 63.8 Å². The Kier molecular flexibility index (Phi) is 1.20. The van der Waals surface area contributed by atoms with E-state index in [0.717, 1.165) is 5.56 Å². The first-order chi connectivity index (χ1) is 5.29. The van der Waals surface area contributed by atoms with Gasteiger partial charge in [-0.05, 0) is 11.6 Å². The largest absolute Gasteiger partial charge is 0.272 e. The van der Waals surface area contributed by atoms with Crippen LogP contribution in [0.15, 0.2) is 24.3 Å². The van der Waals surface area contributed by atoms with E-state index in [0.29, 0.717) is 10.8 Å². The van der Waals surface area contributed by atoms with E-state index in [-0.39, 0.29) is 12.3 Å². The lowest BCUT2D eigenvalue weighted by Crippen LogP contribution is -2.19. The molecule has 55 valence electrons. The second-order valence-corrected chi connectivity index (χ2v) is 2.49. The summed E-state index contributed by atoms with van der Waals surface area (Å²) in [4.78, 5) is 10.8. The molecule has 0 unspecified atom stereocenters. The molecule has 1 radical (unpaired) electrons. The Morgan fingerprint density at radius 1 is 1.27 bits per heavy atom. The van der Waals surface area contributed by atoms with Gasteiger partial charge in [0.15, 0.2) is 0 Å². The average molecular weight is 148 g/mol. The molecule has 0 aromatic heterocycles. The lowest BCUT2D eigenvalue weighted by molar-refractivity contribution is -0.124. The number of anilines is 1. The second kappa shape index (κ2) is 2.07. The Morgan fingerprint density at radius 3 is 2.73 bits per heavy atom. The van der Waals surface area contributed by atoms with Crippen molar-refractivity contribution in [1.29, 1.82) is 0 Å². The van der Waals surface area contributed by atoms with Crippen molar-refractivity contribution in [2.24, 2.45) is 0 Å². The molecule has 3 nitrogen and oxygen atoms in total. The van der Waals surface area contributed by atoms with Crippen LogP contribution in [0.3, 0.4) is 0 Å². The maximum atomic E-state index is 11.0. The predicted octanol–water partition coefficient (Wildman–Crippen LogP) is 0.921.